The summed E-state index contributed by atoms with van der Waals surface area (Å²) < 4.78 is 1.73. The third-order valence-electron chi connectivity index (χ3n) is 2.44. The summed E-state index contributed by atoms with van der Waals surface area (Å²) in [6.45, 7) is 0. The summed E-state index contributed by atoms with van der Waals surface area (Å²) in [6.07, 6.45) is -0.180. The van der Waals surface area contributed by atoms with Crippen molar-refractivity contribution in [2.75, 3.05) is 0 Å². The molecule has 1 aromatic carbocycles. The Morgan fingerprint density at radius 3 is 2.69 bits per heavy atom. The molecule has 0 aliphatic carbocycles. The highest BCUT2D eigenvalue weighted by Crippen LogP contribution is 2.14. The van der Waals surface area contributed by atoms with Crippen molar-refractivity contribution < 1.29 is 14.7 Å². The number of para-hydroxylation sites is 2. The number of hydrogen-bond donors (Lipinski definition) is 1. The first-order valence-corrected chi connectivity index (χ1v) is 4.76. The minimum absolute atomic E-state index is 0.180. The molecule has 0 atom stereocenters. The van der Waals surface area contributed by atoms with E-state index in [0.717, 1.165) is 11.0 Å². The van der Waals surface area contributed by atoms with E-state index in [9.17, 15) is 9.59 Å². The molecule has 2 rings (SSSR count). The number of carbonyl (C=O) groups excluding carboxylic acids is 1. The summed E-state index contributed by atoms with van der Waals surface area (Å²) in [7, 11) is 1.76. The summed E-state index contributed by atoms with van der Waals surface area (Å²) >= 11 is 0. The van der Waals surface area contributed by atoms with Gasteiger partial charge in [0.2, 0.25) is 5.78 Å². The number of rotatable bonds is 3. The van der Waals surface area contributed by atoms with Gasteiger partial charge in [0.15, 0.2) is 0 Å². The van der Waals surface area contributed by atoms with Crippen LogP contribution in [-0.2, 0) is 23.1 Å². The number of aromatic nitrogens is 2. The molecule has 0 radical (unpaired) electrons. The standard InChI is InChI=1S/C11H10N2O3/c1-13-8-5-3-2-4-7(8)12-10(13)6-9(14)11(15)16/h2-5H,6H2,1H3,(H,15,16). The Balaban J connectivity index is 2.42. The molecule has 0 amide bonds. The van der Waals surface area contributed by atoms with Crippen LogP contribution in [0.4, 0.5) is 0 Å². The Bertz CT molecular complexity index is 572. The molecule has 16 heavy (non-hydrogen) atoms. The van der Waals surface area contributed by atoms with E-state index < -0.39 is 11.8 Å². The van der Waals surface area contributed by atoms with Crippen LogP contribution in [0, 0.1) is 0 Å². The Labute approximate surface area is 91.3 Å². The average Bonchev–Trinajstić information content (AvgIpc) is 2.56. The second kappa shape index (κ2) is 3.77. The third-order valence-corrected chi connectivity index (χ3v) is 2.44. The van der Waals surface area contributed by atoms with E-state index in [-0.39, 0.29) is 6.42 Å². The predicted molar refractivity (Wildman–Crippen MR) is 57.1 cm³/mol. The maximum absolute atomic E-state index is 11.1. The molecule has 0 aliphatic heterocycles. The summed E-state index contributed by atoms with van der Waals surface area (Å²) in [5.41, 5.74) is 1.65. The number of carboxylic acid groups (broad SMARTS) is 1. The van der Waals surface area contributed by atoms with E-state index in [4.69, 9.17) is 5.11 Å². The normalized spacial score (nSPS) is 10.6. The van der Waals surface area contributed by atoms with E-state index in [1.165, 1.54) is 0 Å². The third kappa shape index (κ3) is 1.67. The molecule has 0 saturated heterocycles. The van der Waals surface area contributed by atoms with Gasteiger partial charge in [-0.15, -0.1) is 0 Å². The molecule has 5 heteroatoms. The molecule has 0 spiro atoms. The van der Waals surface area contributed by atoms with E-state index in [2.05, 4.69) is 4.98 Å². The topological polar surface area (TPSA) is 72.2 Å². The zero-order valence-corrected chi connectivity index (χ0v) is 8.67. The van der Waals surface area contributed by atoms with Gasteiger partial charge in [-0.25, -0.2) is 9.78 Å². The van der Waals surface area contributed by atoms with Gasteiger partial charge in [-0.1, -0.05) is 12.1 Å². The Morgan fingerprint density at radius 2 is 2.06 bits per heavy atom. The van der Waals surface area contributed by atoms with Crippen LogP contribution in [0.15, 0.2) is 24.3 Å². The fraction of sp³-hybridized carbons (Fsp3) is 0.182. The van der Waals surface area contributed by atoms with Gasteiger partial charge >= 0.3 is 5.97 Å². The van der Waals surface area contributed by atoms with Gasteiger partial charge in [0.05, 0.1) is 17.5 Å². The van der Waals surface area contributed by atoms with Crippen molar-refractivity contribution in [1.82, 2.24) is 9.55 Å². The largest absolute Gasteiger partial charge is 0.475 e. The molecule has 0 unspecified atom stereocenters. The minimum atomic E-state index is -1.42. The molecule has 0 aliphatic rings. The van der Waals surface area contributed by atoms with Crippen LogP contribution in [0.2, 0.25) is 0 Å². The average molecular weight is 218 g/mol. The number of aryl methyl sites for hydroxylation is 1. The number of carboxylic acids is 1. The molecule has 2 aromatic rings. The molecule has 1 heterocycles. The van der Waals surface area contributed by atoms with Gasteiger partial charge in [0.1, 0.15) is 5.82 Å². The molecule has 0 saturated carbocycles. The van der Waals surface area contributed by atoms with Crippen molar-refractivity contribution in [3.63, 3.8) is 0 Å². The predicted octanol–water partition coefficient (Wildman–Crippen LogP) is 0.769. The molecule has 1 N–H and O–H groups in total. The number of carbonyl (C=O) groups is 2. The summed E-state index contributed by atoms with van der Waals surface area (Å²) in [4.78, 5) is 25.7. The maximum Gasteiger partial charge on any atom is 0.372 e. The monoisotopic (exact) mass is 218 g/mol. The van der Waals surface area contributed by atoms with Crippen molar-refractivity contribution in [3.05, 3.63) is 30.1 Å². The molecular weight excluding hydrogens is 208 g/mol. The fourth-order valence-electron chi connectivity index (χ4n) is 1.57. The molecule has 0 bridgehead atoms. The Hall–Kier alpha value is -2.17. The lowest BCUT2D eigenvalue weighted by Crippen LogP contribution is -2.17. The van der Waals surface area contributed by atoms with Gasteiger partial charge in [-0.3, -0.25) is 4.79 Å². The van der Waals surface area contributed by atoms with Crippen LogP contribution >= 0.6 is 0 Å². The first kappa shape index (κ1) is 10.4. The first-order chi connectivity index (χ1) is 7.59. The highest BCUT2D eigenvalue weighted by atomic mass is 16.4. The Morgan fingerprint density at radius 1 is 1.38 bits per heavy atom. The molecule has 1 aromatic heterocycles. The molecular formula is C11H10N2O3. The summed E-state index contributed by atoms with van der Waals surface area (Å²) in [5.74, 6) is -1.81. The van der Waals surface area contributed by atoms with E-state index in [1.54, 1.807) is 11.6 Å². The van der Waals surface area contributed by atoms with E-state index in [1.807, 2.05) is 24.3 Å². The molecule has 0 fully saturated rings. The molecule has 82 valence electrons. The number of hydrogen-bond acceptors (Lipinski definition) is 3. The van der Waals surface area contributed by atoms with Crippen LogP contribution in [-0.4, -0.2) is 26.4 Å². The van der Waals surface area contributed by atoms with Gasteiger partial charge in [0, 0.05) is 7.05 Å². The first-order valence-electron chi connectivity index (χ1n) is 4.76. The SMILES string of the molecule is Cn1c(CC(=O)C(=O)O)nc2ccccc21. The lowest BCUT2D eigenvalue weighted by Gasteiger charge is -1.98. The number of aliphatic carboxylic acids is 1. The van der Waals surface area contributed by atoms with Gasteiger partial charge < -0.3 is 9.67 Å². The van der Waals surface area contributed by atoms with Gasteiger partial charge in [0.25, 0.3) is 0 Å². The summed E-state index contributed by atoms with van der Waals surface area (Å²) in [6, 6.07) is 7.41. The van der Waals surface area contributed by atoms with Crippen LogP contribution in [0.3, 0.4) is 0 Å². The lowest BCUT2D eigenvalue weighted by atomic mass is 10.3. The summed E-state index contributed by atoms with van der Waals surface area (Å²) in [5, 5.41) is 8.52. The van der Waals surface area contributed by atoms with Crippen molar-refractivity contribution in [3.8, 4) is 0 Å². The number of fused-ring (bicyclic) bond motifs is 1. The number of benzene rings is 1. The number of ketones is 1. The zero-order chi connectivity index (χ0) is 11.7. The number of nitrogens with zero attached hydrogens (tertiary/aromatic N) is 2. The van der Waals surface area contributed by atoms with Crippen molar-refractivity contribution in [2.45, 2.75) is 6.42 Å². The van der Waals surface area contributed by atoms with Crippen LogP contribution < -0.4 is 0 Å². The second-order valence-corrected chi connectivity index (χ2v) is 3.48. The van der Waals surface area contributed by atoms with Crippen LogP contribution in [0.25, 0.3) is 11.0 Å². The number of imidazole rings is 1. The van der Waals surface area contributed by atoms with Crippen molar-refractivity contribution in [1.29, 1.82) is 0 Å². The highest BCUT2D eigenvalue weighted by molar-refractivity contribution is 6.33. The maximum atomic E-state index is 11.1. The van der Waals surface area contributed by atoms with Crippen LogP contribution in [0.1, 0.15) is 5.82 Å². The van der Waals surface area contributed by atoms with Crippen molar-refractivity contribution >= 4 is 22.8 Å². The zero-order valence-electron chi connectivity index (χ0n) is 8.67. The van der Waals surface area contributed by atoms with Gasteiger partial charge in [-0.05, 0) is 12.1 Å². The second-order valence-electron chi connectivity index (χ2n) is 3.48. The van der Waals surface area contributed by atoms with Crippen LogP contribution in [0.5, 0.6) is 0 Å². The molecule has 5 nitrogen and oxygen atoms in total. The van der Waals surface area contributed by atoms with E-state index >= 15 is 0 Å². The smallest absolute Gasteiger partial charge is 0.372 e. The van der Waals surface area contributed by atoms with E-state index in [0.29, 0.717) is 5.82 Å². The number of Topliss-reactive ketones (excluding diaryl/α,β-unsaturated/α-hetero) is 1. The van der Waals surface area contributed by atoms with Gasteiger partial charge in [-0.2, -0.15) is 0 Å². The Kier molecular flexibility index (Phi) is 2.44. The highest BCUT2D eigenvalue weighted by Gasteiger charge is 2.16. The lowest BCUT2D eigenvalue weighted by molar-refractivity contribution is -0.148. The quantitative estimate of drug-likeness (QED) is 0.772. The van der Waals surface area contributed by atoms with Crippen molar-refractivity contribution in [2.24, 2.45) is 7.05 Å². The minimum Gasteiger partial charge on any atom is -0.475 e. The fourth-order valence-corrected chi connectivity index (χ4v) is 1.57.